The second-order valence-corrected chi connectivity index (χ2v) is 20.2. The highest BCUT2D eigenvalue weighted by atomic mass is 32.2. The van der Waals surface area contributed by atoms with Crippen LogP contribution < -0.4 is 0 Å². The smallest absolute Gasteiger partial charge is 0.181 e. The van der Waals surface area contributed by atoms with E-state index in [1.165, 1.54) is 38.5 Å². The summed E-state index contributed by atoms with van der Waals surface area (Å²) in [4.78, 5) is 0.424. The van der Waals surface area contributed by atoms with E-state index in [4.69, 9.17) is 18.9 Å². The Hall–Kier alpha value is -1.51. The molecule has 10 atom stereocenters. The number of benzene rings is 1. The Morgan fingerprint density at radius 2 is 1.58 bits per heavy atom. The molecular formula is C43H64O6S. The van der Waals surface area contributed by atoms with Crippen LogP contribution in [0.3, 0.4) is 0 Å². The maximum absolute atomic E-state index is 14.4. The van der Waals surface area contributed by atoms with Crippen molar-refractivity contribution in [1.82, 2.24) is 0 Å². The predicted octanol–water partition coefficient (Wildman–Crippen LogP) is 9.98. The number of rotatable bonds is 11. The molecule has 3 saturated carbocycles. The maximum Gasteiger partial charge on any atom is 0.181 e. The summed E-state index contributed by atoms with van der Waals surface area (Å²) < 4.78 is 53.6. The van der Waals surface area contributed by atoms with Gasteiger partial charge >= 0.3 is 0 Å². The minimum atomic E-state index is -3.56. The van der Waals surface area contributed by atoms with Crippen molar-refractivity contribution in [2.75, 3.05) is 13.2 Å². The summed E-state index contributed by atoms with van der Waals surface area (Å²) in [6, 6.07) is 9.11. The second kappa shape index (κ2) is 14.7. The van der Waals surface area contributed by atoms with Crippen molar-refractivity contribution in [3.8, 4) is 0 Å². The first-order valence-corrected chi connectivity index (χ1v) is 21.7. The van der Waals surface area contributed by atoms with Gasteiger partial charge in [-0.2, -0.15) is 0 Å². The molecule has 6 aliphatic rings. The van der Waals surface area contributed by atoms with Gasteiger partial charge in [0.15, 0.2) is 22.4 Å². The zero-order chi connectivity index (χ0) is 35.1. The average Bonchev–Trinajstić information content (AvgIpc) is 3.46. The molecule has 2 saturated heterocycles. The van der Waals surface area contributed by atoms with Crippen LogP contribution in [0.4, 0.5) is 0 Å². The summed E-state index contributed by atoms with van der Waals surface area (Å²) in [6.45, 7) is 13.1. The standard InChI is InChI=1S/C43H64O6S/c1-30(27-34(50(44,45)33-13-7-6-8-14-33)29-41(2,3)49-40-16-10-12-26-47-40)36-19-20-37-35-18-17-31-28-32(48-39-15-9-11-25-46-39)21-23-42(31,4)38(35)22-24-43(36,37)5/h6-8,13-14,17-18,30,32,34,36-40H,9-12,15-16,19-29H2,1-5H3/t30-,32+,34?,36-,37+,38+,39?,40?,42+,43-/m1/s1. The normalized spacial score (nSPS) is 37.5. The average molecular weight is 709 g/mol. The first-order valence-electron chi connectivity index (χ1n) is 20.2. The number of hydrogen-bond acceptors (Lipinski definition) is 6. The molecule has 0 aromatic heterocycles. The lowest BCUT2D eigenvalue weighted by atomic mass is 9.50. The summed E-state index contributed by atoms with van der Waals surface area (Å²) >= 11 is 0. The molecule has 7 rings (SSSR count). The molecule has 6 nitrogen and oxygen atoms in total. The van der Waals surface area contributed by atoms with E-state index in [1.54, 1.807) is 23.3 Å². The van der Waals surface area contributed by atoms with Gasteiger partial charge in [-0.05, 0) is 157 Å². The maximum atomic E-state index is 14.4. The molecule has 0 radical (unpaired) electrons. The van der Waals surface area contributed by atoms with Gasteiger partial charge in [-0.25, -0.2) is 8.42 Å². The molecule has 5 fully saturated rings. The molecule has 7 heteroatoms. The van der Waals surface area contributed by atoms with Gasteiger partial charge in [0.05, 0.1) is 21.9 Å². The third-order valence-corrected chi connectivity index (χ3v) is 16.4. The Labute approximate surface area is 303 Å². The minimum absolute atomic E-state index is 0.0204. The van der Waals surface area contributed by atoms with Crippen molar-refractivity contribution in [2.24, 2.45) is 34.5 Å². The summed E-state index contributed by atoms with van der Waals surface area (Å²) in [5.41, 5.74) is 3.05. The Bertz CT molecular complexity index is 1490. The molecule has 3 unspecified atom stereocenters. The van der Waals surface area contributed by atoms with Crippen LogP contribution in [-0.4, -0.2) is 51.2 Å². The lowest BCUT2D eigenvalue weighted by molar-refractivity contribution is -0.217. The Morgan fingerprint density at radius 1 is 0.860 bits per heavy atom. The highest BCUT2D eigenvalue weighted by molar-refractivity contribution is 7.92. The first-order chi connectivity index (χ1) is 23.9. The quantitative estimate of drug-likeness (QED) is 0.228. The molecular weight excluding hydrogens is 645 g/mol. The monoisotopic (exact) mass is 708 g/mol. The highest BCUT2D eigenvalue weighted by Gasteiger charge is 2.57. The first kappa shape index (κ1) is 36.8. The number of fused-ring (bicyclic) bond motifs is 5. The number of allylic oxidation sites excluding steroid dienone is 3. The number of ether oxygens (including phenoxy) is 4. The summed E-state index contributed by atoms with van der Waals surface area (Å²) in [7, 11) is -3.56. The fraction of sp³-hybridized carbons (Fsp3) is 0.767. The largest absolute Gasteiger partial charge is 0.353 e. The summed E-state index contributed by atoms with van der Waals surface area (Å²) in [5, 5.41) is -0.521. The van der Waals surface area contributed by atoms with Crippen molar-refractivity contribution in [1.29, 1.82) is 0 Å². The zero-order valence-corrected chi connectivity index (χ0v) is 32.4. The molecule has 2 heterocycles. The number of hydrogen-bond donors (Lipinski definition) is 0. The van der Waals surface area contributed by atoms with Crippen molar-refractivity contribution in [3.05, 3.63) is 53.6 Å². The molecule has 2 aliphatic heterocycles. The van der Waals surface area contributed by atoms with Gasteiger partial charge in [0, 0.05) is 13.2 Å². The molecule has 4 aliphatic carbocycles. The second-order valence-electron chi connectivity index (χ2n) is 18.0. The van der Waals surface area contributed by atoms with Gasteiger partial charge in [0.25, 0.3) is 0 Å². The van der Waals surface area contributed by atoms with E-state index < -0.39 is 20.7 Å². The van der Waals surface area contributed by atoms with E-state index in [0.29, 0.717) is 42.1 Å². The Morgan fingerprint density at radius 3 is 2.28 bits per heavy atom. The SMILES string of the molecule is C[C@H](CC(CC(C)(C)OC1CCCCO1)S(=O)(=O)c1ccccc1)[C@H]1CC[C@H]2C3=CC=C4C[C@@H](OC5CCCCO5)CC[C@]4(C)[C@H]3CC[C@]12C. The lowest BCUT2D eigenvalue weighted by Crippen LogP contribution is -2.47. The van der Waals surface area contributed by atoms with Gasteiger partial charge in [-0.15, -0.1) is 0 Å². The van der Waals surface area contributed by atoms with Crippen LogP contribution in [-0.2, 0) is 28.8 Å². The van der Waals surface area contributed by atoms with Crippen LogP contribution >= 0.6 is 0 Å². The molecule has 0 N–H and O–H groups in total. The molecule has 1 aromatic rings. The molecule has 0 bridgehead atoms. The van der Waals surface area contributed by atoms with Crippen LogP contribution in [0.25, 0.3) is 0 Å². The fourth-order valence-electron chi connectivity index (χ4n) is 11.6. The van der Waals surface area contributed by atoms with Gasteiger partial charge < -0.3 is 18.9 Å². The van der Waals surface area contributed by atoms with E-state index >= 15 is 0 Å². The lowest BCUT2D eigenvalue weighted by Gasteiger charge is -2.55. The van der Waals surface area contributed by atoms with Crippen LogP contribution in [0, 0.1) is 34.5 Å². The minimum Gasteiger partial charge on any atom is -0.353 e. The Kier molecular flexibility index (Phi) is 10.8. The van der Waals surface area contributed by atoms with Gasteiger partial charge in [0.1, 0.15) is 0 Å². The van der Waals surface area contributed by atoms with Crippen LogP contribution in [0.15, 0.2) is 58.5 Å². The topological polar surface area (TPSA) is 71.1 Å². The highest BCUT2D eigenvalue weighted by Crippen LogP contribution is 2.66. The van der Waals surface area contributed by atoms with Crippen molar-refractivity contribution >= 4 is 9.84 Å². The van der Waals surface area contributed by atoms with Crippen LogP contribution in [0.1, 0.15) is 131 Å². The third kappa shape index (κ3) is 7.34. The third-order valence-electron chi connectivity index (χ3n) is 14.2. The molecule has 0 amide bonds. The van der Waals surface area contributed by atoms with Crippen molar-refractivity contribution in [2.45, 2.75) is 165 Å². The van der Waals surface area contributed by atoms with E-state index in [2.05, 4.69) is 46.8 Å². The van der Waals surface area contributed by atoms with E-state index in [9.17, 15) is 8.42 Å². The predicted molar refractivity (Wildman–Crippen MR) is 198 cm³/mol. The van der Waals surface area contributed by atoms with Crippen LogP contribution in [0.2, 0.25) is 0 Å². The summed E-state index contributed by atoms with van der Waals surface area (Å²) in [6.07, 6.45) is 20.7. The summed E-state index contributed by atoms with van der Waals surface area (Å²) in [5.74, 6) is 1.95. The van der Waals surface area contributed by atoms with Gasteiger partial charge in [-0.3, -0.25) is 0 Å². The molecule has 278 valence electrons. The molecule has 1 aromatic carbocycles. The van der Waals surface area contributed by atoms with Crippen LogP contribution in [0.5, 0.6) is 0 Å². The van der Waals surface area contributed by atoms with E-state index in [-0.39, 0.29) is 35.4 Å². The molecule has 50 heavy (non-hydrogen) atoms. The fourth-order valence-corrected chi connectivity index (χ4v) is 13.7. The van der Waals surface area contributed by atoms with E-state index in [1.807, 2.05) is 18.2 Å². The Balaban J connectivity index is 1.08. The van der Waals surface area contributed by atoms with Crippen molar-refractivity contribution < 1.29 is 27.4 Å². The molecule has 0 spiro atoms. The van der Waals surface area contributed by atoms with Crippen molar-refractivity contribution in [3.63, 3.8) is 0 Å². The van der Waals surface area contributed by atoms with Gasteiger partial charge in [-0.1, -0.05) is 62.3 Å². The van der Waals surface area contributed by atoms with E-state index in [0.717, 1.165) is 51.6 Å². The van der Waals surface area contributed by atoms with Gasteiger partial charge in [0.2, 0.25) is 0 Å². The zero-order valence-electron chi connectivity index (χ0n) is 31.5. The number of sulfone groups is 1.